The van der Waals surface area contributed by atoms with Crippen LogP contribution in [-0.2, 0) is 10.0 Å². The van der Waals surface area contributed by atoms with Crippen molar-refractivity contribution < 1.29 is 8.42 Å². The molecule has 0 radical (unpaired) electrons. The third-order valence-corrected chi connectivity index (χ3v) is 3.82. The summed E-state index contributed by atoms with van der Waals surface area (Å²) in [6.07, 6.45) is 1.90. The second-order valence-electron chi connectivity index (χ2n) is 3.80. The molecule has 2 heterocycles. The lowest BCUT2D eigenvalue weighted by Crippen LogP contribution is -2.17. The van der Waals surface area contributed by atoms with Crippen molar-refractivity contribution in [3.63, 3.8) is 0 Å². The first-order chi connectivity index (χ1) is 8.03. The van der Waals surface area contributed by atoms with Crippen LogP contribution < -0.4 is 4.72 Å². The van der Waals surface area contributed by atoms with Crippen LogP contribution in [0.3, 0.4) is 0 Å². The van der Waals surface area contributed by atoms with Crippen LogP contribution >= 0.6 is 0 Å². The molecule has 0 fully saturated rings. The highest BCUT2D eigenvalue weighted by atomic mass is 32.2. The second-order valence-corrected chi connectivity index (χ2v) is 5.64. The van der Waals surface area contributed by atoms with Crippen LogP contribution in [0, 0.1) is 6.92 Å². The molecule has 0 saturated heterocycles. The Morgan fingerprint density at radius 2 is 2.18 bits per heavy atom. The van der Waals surface area contributed by atoms with E-state index in [2.05, 4.69) is 14.8 Å². The largest absolute Gasteiger partial charge is 0.265 e. The number of anilines is 1. The van der Waals surface area contributed by atoms with Crippen molar-refractivity contribution in [1.29, 1.82) is 0 Å². The molecule has 0 aliphatic carbocycles. The molecule has 1 N–H and O–H groups in total. The van der Waals surface area contributed by atoms with E-state index in [4.69, 9.17) is 0 Å². The zero-order valence-electron chi connectivity index (χ0n) is 9.71. The zero-order chi connectivity index (χ0) is 12.5. The maximum Gasteiger partial charge on any atom is 0.233 e. The summed E-state index contributed by atoms with van der Waals surface area (Å²) in [4.78, 5) is 3.97. The van der Waals surface area contributed by atoms with E-state index in [0.29, 0.717) is 17.8 Å². The highest BCUT2D eigenvalue weighted by molar-refractivity contribution is 7.92. The first-order valence-corrected chi connectivity index (χ1v) is 6.98. The lowest BCUT2D eigenvalue weighted by Gasteiger charge is -2.07. The van der Waals surface area contributed by atoms with Gasteiger partial charge < -0.3 is 0 Å². The smallest absolute Gasteiger partial charge is 0.233 e. The van der Waals surface area contributed by atoms with Gasteiger partial charge in [-0.05, 0) is 25.5 Å². The number of nitrogens with one attached hydrogen (secondary N) is 1. The van der Waals surface area contributed by atoms with Gasteiger partial charge in [0, 0.05) is 5.69 Å². The van der Waals surface area contributed by atoms with Gasteiger partial charge in [0.1, 0.15) is 11.8 Å². The minimum atomic E-state index is -3.32. The molecule has 0 aliphatic rings. The van der Waals surface area contributed by atoms with Gasteiger partial charge in [-0.1, -0.05) is 6.92 Å². The number of hydrogen-bond acceptors (Lipinski definition) is 4. The van der Waals surface area contributed by atoms with Crippen LogP contribution in [0.15, 0.2) is 18.5 Å². The molecule has 2 aromatic heterocycles. The Hall–Kier alpha value is -1.63. The number of fused-ring (bicyclic) bond motifs is 1. The maximum absolute atomic E-state index is 11.7. The SMILES string of the molecule is CCCS(=O)(=O)Nc1ncnn2c(C)ccc12. The topological polar surface area (TPSA) is 76.4 Å². The van der Waals surface area contributed by atoms with Gasteiger partial charge in [0.25, 0.3) is 0 Å². The average Bonchev–Trinajstić information content (AvgIpc) is 2.61. The summed E-state index contributed by atoms with van der Waals surface area (Å²) >= 11 is 0. The highest BCUT2D eigenvalue weighted by Gasteiger charge is 2.13. The van der Waals surface area contributed by atoms with Crippen molar-refractivity contribution in [2.24, 2.45) is 0 Å². The van der Waals surface area contributed by atoms with E-state index in [-0.39, 0.29) is 5.75 Å². The van der Waals surface area contributed by atoms with E-state index < -0.39 is 10.0 Å². The molecule has 2 rings (SSSR count). The Labute approximate surface area is 99.7 Å². The van der Waals surface area contributed by atoms with Crippen molar-refractivity contribution in [2.75, 3.05) is 10.5 Å². The van der Waals surface area contributed by atoms with Gasteiger partial charge in [-0.2, -0.15) is 5.10 Å². The predicted molar refractivity (Wildman–Crippen MR) is 65.4 cm³/mol. The van der Waals surface area contributed by atoms with Crippen LogP contribution in [0.5, 0.6) is 0 Å². The van der Waals surface area contributed by atoms with Gasteiger partial charge in [0.05, 0.1) is 5.75 Å². The Bertz CT molecular complexity index is 633. The molecule has 0 spiro atoms. The van der Waals surface area contributed by atoms with E-state index in [1.165, 1.54) is 6.33 Å². The molecule has 92 valence electrons. The van der Waals surface area contributed by atoms with Crippen LogP contribution in [0.2, 0.25) is 0 Å². The molecule has 17 heavy (non-hydrogen) atoms. The molecular formula is C10H14N4O2S. The van der Waals surface area contributed by atoms with Crippen LogP contribution in [-0.4, -0.2) is 28.8 Å². The fraction of sp³-hybridized carbons (Fsp3) is 0.400. The molecule has 2 aromatic rings. The van der Waals surface area contributed by atoms with Crippen molar-refractivity contribution >= 4 is 21.4 Å². The quantitative estimate of drug-likeness (QED) is 0.889. The first kappa shape index (κ1) is 11.8. The van der Waals surface area contributed by atoms with Crippen LogP contribution in [0.25, 0.3) is 5.52 Å². The molecule has 0 aromatic carbocycles. The standard InChI is InChI=1S/C10H14N4O2S/c1-3-6-17(15,16)13-10-9-5-4-8(2)14(9)12-7-11-10/h4-5,7H,3,6H2,1-2H3,(H,11,12,13). The van der Waals surface area contributed by atoms with Gasteiger partial charge in [0.2, 0.25) is 10.0 Å². The number of nitrogens with zero attached hydrogens (tertiary/aromatic N) is 3. The van der Waals surface area contributed by atoms with Crippen molar-refractivity contribution in [3.05, 3.63) is 24.2 Å². The third kappa shape index (κ3) is 2.38. The van der Waals surface area contributed by atoms with Gasteiger partial charge in [-0.3, -0.25) is 4.72 Å². The average molecular weight is 254 g/mol. The van der Waals surface area contributed by atoms with Gasteiger partial charge in [-0.15, -0.1) is 0 Å². The minimum Gasteiger partial charge on any atom is -0.265 e. The summed E-state index contributed by atoms with van der Waals surface area (Å²) < 4.78 is 27.5. The van der Waals surface area contributed by atoms with Gasteiger partial charge in [0.15, 0.2) is 5.82 Å². The Morgan fingerprint density at radius 1 is 1.41 bits per heavy atom. The van der Waals surface area contributed by atoms with E-state index in [1.54, 1.807) is 10.6 Å². The molecule has 0 saturated carbocycles. The molecule has 7 heteroatoms. The zero-order valence-corrected chi connectivity index (χ0v) is 10.5. The third-order valence-electron chi connectivity index (χ3n) is 2.37. The van der Waals surface area contributed by atoms with E-state index >= 15 is 0 Å². The van der Waals surface area contributed by atoms with E-state index in [0.717, 1.165) is 5.69 Å². The van der Waals surface area contributed by atoms with E-state index in [9.17, 15) is 8.42 Å². The summed E-state index contributed by atoms with van der Waals surface area (Å²) in [6, 6.07) is 3.65. The number of aryl methyl sites for hydroxylation is 1. The molecule has 0 aliphatic heterocycles. The summed E-state index contributed by atoms with van der Waals surface area (Å²) in [6.45, 7) is 3.71. The van der Waals surface area contributed by atoms with Crippen molar-refractivity contribution in [1.82, 2.24) is 14.6 Å². The van der Waals surface area contributed by atoms with Crippen molar-refractivity contribution in [2.45, 2.75) is 20.3 Å². The van der Waals surface area contributed by atoms with Gasteiger partial charge >= 0.3 is 0 Å². The molecule has 0 amide bonds. The fourth-order valence-electron chi connectivity index (χ4n) is 1.61. The maximum atomic E-state index is 11.7. The normalized spacial score (nSPS) is 11.9. The molecule has 0 bridgehead atoms. The summed E-state index contributed by atoms with van der Waals surface area (Å²) in [7, 11) is -3.32. The summed E-state index contributed by atoms with van der Waals surface area (Å²) in [5, 5.41) is 4.05. The minimum absolute atomic E-state index is 0.0862. The highest BCUT2D eigenvalue weighted by Crippen LogP contribution is 2.16. The summed E-state index contributed by atoms with van der Waals surface area (Å²) in [5.41, 5.74) is 1.59. The second kappa shape index (κ2) is 4.33. The van der Waals surface area contributed by atoms with E-state index in [1.807, 2.05) is 19.9 Å². The molecule has 0 unspecified atom stereocenters. The Kier molecular flexibility index (Phi) is 3.01. The molecule has 6 nitrogen and oxygen atoms in total. The number of aromatic nitrogens is 3. The Morgan fingerprint density at radius 3 is 2.88 bits per heavy atom. The van der Waals surface area contributed by atoms with Gasteiger partial charge in [-0.25, -0.2) is 17.9 Å². The summed E-state index contributed by atoms with van der Waals surface area (Å²) in [5.74, 6) is 0.407. The predicted octanol–water partition coefficient (Wildman–Crippen LogP) is 1.19. The fourth-order valence-corrected chi connectivity index (χ4v) is 2.70. The van der Waals surface area contributed by atoms with Crippen molar-refractivity contribution in [3.8, 4) is 0 Å². The first-order valence-electron chi connectivity index (χ1n) is 5.33. The number of rotatable bonds is 4. The molecule has 0 atom stereocenters. The lowest BCUT2D eigenvalue weighted by molar-refractivity contribution is 0.599. The number of sulfonamides is 1. The Balaban J connectivity index is 2.43. The van der Waals surface area contributed by atoms with Crippen LogP contribution in [0.1, 0.15) is 19.0 Å². The number of hydrogen-bond donors (Lipinski definition) is 1. The molecular weight excluding hydrogens is 240 g/mol. The monoisotopic (exact) mass is 254 g/mol. The van der Waals surface area contributed by atoms with Crippen LogP contribution in [0.4, 0.5) is 5.82 Å². The lowest BCUT2D eigenvalue weighted by atomic mass is 10.5.